The number of likely N-dealkylation sites (N-methyl/N-ethyl adjacent to an activating group) is 1. The predicted octanol–water partition coefficient (Wildman–Crippen LogP) is 7.94. The summed E-state index contributed by atoms with van der Waals surface area (Å²) >= 11 is 4.46. The Morgan fingerprint density at radius 2 is 1.30 bits per heavy atom. The number of nitrogens with zero attached hydrogens (tertiary/aromatic N) is 1. The summed E-state index contributed by atoms with van der Waals surface area (Å²) in [6.45, 7) is 3.54. The fourth-order valence-corrected chi connectivity index (χ4v) is 7.70. The molecule has 5 aromatic carbocycles. The molecule has 1 aliphatic rings. The highest BCUT2D eigenvalue weighted by molar-refractivity contribution is 7.80. The van der Waals surface area contributed by atoms with Gasteiger partial charge in [-0.25, -0.2) is 9.59 Å². The summed E-state index contributed by atoms with van der Waals surface area (Å²) in [5.74, 6) is -2.67. The van der Waals surface area contributed by atoms with Crippen molar-refractivity contribution in [1.29, 1.82) is 0 Å². The molecule has 5 aromatic rings. The molecule has 0 spiro atoms. The number of carboxylic acids is 1. The zero-order valence-corrected chi connectivity index (χ0v) is 28.9. The number of Topliss-reactive ketones (excluding diaryl/α,β-unsaturated/α-hetero) is 1. The van der Waals surface area contributed by atoms with Crippen molar-refractivity contribution in [2.45, 2.75) is 37.3 Å². The van der Waals surface area contributed by atoms with Gasteiger partial charge in [-0.1, -0.05) is 121 Å². The highest BCUT2D eigenvalue weighted by atomic mass is 32.1. The number of hydrogen-bond donors (Lipinski definition) is 3. The smallest absolute Gasteiger partial charge is 0.407 e. The van der Waals surface area contributed by atoms with E-state index in [-0.39, 0.29) is 30.7 Å². The van der Waals surface area contributed by atoms with Crippen LogP contribution in [0.5, 0.6) is 0 Å². The van der Waals surface area contributed by atoms with E-state index in [1.165, 1.54) is 6.92 Å². The summed E-state index contributed by atoms with van der Waals surface area (Å²) in [6.07, 6.45) is -0.801. The van der Waals surface area contributed by atoms with Crippen molar-refractivity contribution in [3.63, 3.8) is 0 Å². The molecule has 8 heteroatoms. The average Bonchev–Trinajstić information content (AvgIpc) is 3.47. The van der Waals surface area contributed by atoms with Gasteiger partial charge in [0.05, 0.1) is 6.04 Å². The number of amides is 1. The topological polar surface area (TPSA) is 95.9 Å². The lowest BCUT2D eigenvalue weighted by Crippen LogP contribution is -2.66. The minimum atomic E-state index is -2.08. The van der Waals surface area contributed by atoms with Crippen molar-refractivity contribution in [2.75, 3.05) is 23.8 Å². The van der Waals surface area contributed by atoms with Gasteiger partial charge in [-0.15, -0.1) is 0 Å². The van der Waals surface area contributed by atoms with Crippen LogP contribution >= 0.6 is 12.6 Å². The maximum absolute atomic E-state index is 14.3. The molecule has 50 heavy (non-hydrogen) atoms. The third kappa shape index (κ3) is 6.51. The largest absolute Gasteiger partial charge is 0.479 e. The van der Waals surface area contributed by atoms with Crippen LogP contribution in [0.15, 0.2) is 133 Å². The van der Waals surface area contributed by atoms with Crippen LogP contribution < -0.4 is 10.2 Å². The molecule has 0 fully saturated rings. The van der Waals surface area contributed by atoms with E-state index in [2.05, 4.69) is 54.3 Å². The number of carbonyl (C=O) groups excluding carboxylic acids is 2. The molecule has 6 rings (SSSR count). The number of ether oxygens (including phenoxy) is 1. The normalized spacial score (nSPS) is 13.8. The molecule has 0 saturated carbocycles. The molecule has 0 aromatic heterocycles. The Kier molecular flexibility index (Phi) is 10.4. The SMILES string of the molecule is CCN(c1cccc(C(c2ccccc2)c2ccccc2)c1)[C@@](CS)(C(=O)O)C(=O)[C@H](C)NC(=O)OCC1c2ccccc2-c2ccccc21. The number of carbonyl (C=O) groups is 3. The highest BCUT2D eigenvalue weighted by Gasteiger charge is 2.52. The summed E-state index contributed by atoms with van der Waals surface area (Å²) in [6, 6.07) is 42.7. The zero-order chi connectivity index (χ0) is 35.3. The number of benzene rings is 5. The maximum atomic E-state index is 14.3. The van der Waals surface area contributed by atoms with E-state index >= 15 is 0 Å². The van der Waals surface area contributed by atoms with Crippen molar-refractivity contribution >= 4 is 36.2 Å². The molecular formula is C42H40N2O5S. The van der Waals surface area contributed by atoms with E-state index in [0.717, 1.165) is 38.9 Å². The standard InChI is InChI=1S/C42H40N2O5S/c1-3-44(32-20-14-19-31(25-32)38(29-15-6-4-7-16-29)30-17-8-5-9-18-30)42(27-50,40(46)47)39(45)28(2)43-41(48)49-26-37-35-23-12-10-21-33(35)34-22-11-13-24-36(34)37/h4-25,28,37-38,50H,3,26-27H2,1-2H3,(H,43,48)(H,46,47)/t28-,42+/m0/s1. The number of nitrogens with one attached hydrogen (secondary N) is 1. The van der Waals surface area contributed by atoms with E-state index in [4.69, 9.17) is 4.74 Å². The van der Waals surface area contributed by atoms with E-state index in [9.17, 15) is 19.5 Å². The van der Waals surface area contributed by atoms with E-state index in [1.807, 2.05) is 91.0 Å². The van der Waals surface area contributed by atoms with Crippen LogP contribution in [-0.4, -0.2) is 53.4 Å². The molecule has 0 saturated heterocycles. The predicted molar refractivity (Wildman–Crippen MR) is 200 cm³/mol. The second kappa shape index (κ2) is 15.0. The van der Waals surface area contributed by atoms with Crippen molar-refractivity contribution in [3.05, 3.63) is 161 Å². The molecular weight excluding hydrogens is 645 g/mol. The fourth-order valence-electron chi connectivity index (χ4n) is 7.24. The third-order valence-electron chi connectivity index (χ3n) is 9.62. The van der Waals surface area contributed by atoms with Gasteiger partial charge < -0.3 is 20.1 Å². The van der Waals surface area contributed by atoms with E-state index in [0.29, 0.717) is 5.69 Å². The number of aliphatic carboxylic acids is 1. The Morgan fingerprint density at radius 1 is 0.780 bits per heavy atom. The quantitative estimate of drug-likeness (QED) is 0.0662. The number of thiol groups is 1. The highest BCUT2D eigenvalue weighted by Crippen LogP contribution is 2.44. The van der Waals surface area contributed by atoms with Gasteiger partial charge in [-0.05, 0) is 64.9 Å². The first-order valence-corrected chi connectivity index (χ1v) is 17.4. The Hall–Kier alpha value is -5.34. The second-order valence-electron chi connectivity index (χ2n) is 12.5. The molecule has 7 nitrogen and oxygen atoms in total. The molecule has 1 aliphatic carbocycles. The summed E-state index contributed by atoms with van der Waals surface area (Å²) in [5.41, 5.74) is 5.90. The first-order chi connectivity index (χ1) is 24.3. The van der Waals surface area contributed by atoms with Gasteiger partial charge in [-0.3, -0.25) is 4.79 Å². The van der Waals surface area contributed by atoms with Crippen molar-refractivity contribution < 1.29 is 24.2 Å². The van der Waals surface area contributed by atoms with Crippen LogP contribution in [0.4, 0.5) is 10.5 Å². The monoisotopic (exact) mass is 684 g/mol. The second-order valence-corrected chi connectivity index (χ2v) is 12.8. The number of rotatable bonds is 13. The maximum Gasteiger partial charge on any atom is 0.407 e. The van der Waals surface area contributed by atoms with Crippen LogP contribution in [0, 0.1) is 0 Å². The van der Waals surface area contributed by atoms with Crippen LogP contribution in [0.1, 0.15) is 53.5 Å². The Balaban J connectivity index is 1.24. The average molecular weight is 685 g/mol. The number of hydrogen-bond acceptors (Lipinski definition) is 6. The summed E-state index contributed by atoms with van der Waals surface area (Å²) in [7, 11) is 0. The van der Waals surface area contributed by atoms with Gasteiger partial charge in [0.25, 0.3) is 0 Å². The van der Waals surface area contributed by atoms with Crippen LogP contribution in [0.2, 0.25) is 0 Å². The van der Waals surface area contributed by atoms with Crippen LogP contribution in [0.25, 0.3) is 11.1 Å². The lowest BCUT2D eigenvalue weighted by atomic mass is 9.84. The number of fused-ring (bicyclic) bond motifs is 3. The Morgan fingerprint density at radius 3 is 1.82 bits per heavy atom. The Bertz CT molecular complexity index is 1900. The number of carboxylic acid groups (broad SMARTS) is 1. The van der Waals surface area contributed by atoms with Crippen molar-refractivity contribution in [3.8, 4) is 11.1 Å². The molecule has 1 amide bonds. The van der Waals surface area contributed by atoms with Crippen LogP contribution in [-0.2, 0) is 14.3 Å². The van der Waals surface area contributed by atoms with E-state index < -0.39 is 29.4 Å². The fraction of sp³-hybridized carbons (Fsp3) is 0.214. The molecule has 2 atom stereocenters. The number of ketones is 1. The number of alkyl carbamates (subject to hydrolysis) is 1. The van der Waals surface area contributed by atoms with Crippen molar-refractivity contribution in [1.82, 2.24) is 5.32 Å². The third-order valence-corrected chi connectivity index (χ3v) is 10.1. The molecule has 2 N–H and O–H groups in total. The first-order valence-electron chi connectivity index (χ1n) is 16.8. The van der Waals surface area contributed by atoms with Gasteiger partial charge in [-0.2, -0.15) is 12.6 Å². The lowest BCUT2D eigenvalue weighted by Gasteiger charge is -2.41. The lowest BCUT2D eigenvalue weighted by molar-refractivity contribution is -0.147. The molecule has 0 bridgehead atoms. The Labute approximate surface area is 298 Å². The van der Waals surface area contributed by atoms with Crippen molar-refractivity contribution in [2.24, 2.45) is 0 Å². The minimum Gasteiger partial charge on any atom is -0.479 e. The van der Waals surface area contributed by atoms with Crippen LogP contribution in [0.3, 0.4) is 0 Å². The molecule has 0 radical (unpaired) electrons. The summed E-state index contributed by atoms with van der Waals surface area (Å²) in [4.78, 5) is 42.2. The number of anilines is 1. The van der Waals surface area contributed by atoms with Gasteiger partial charge >= 0.3 is 12.1 Å². The van der Waals surface area contributed by atoms with Gasteiger partial charge in [0.2, 0.25) is 5.54 Å². The molecule has 0 aliphatic heterocycles. The van der Waals surface area contributed by atoms with E-state index in [1.54, 1.807) is 17.9 Å². The van der Waals surface area contributed by atoms with Gasteiger partial charge in [0, 0.05) is 29.8 Å². The van der Waals surface area contributed by atoms with Gasteiger partial charge in [0.1, 0.15) is 6.61 Å². The summed E-state index contributed by atoms with van der Waals surface area (Å²) < 4.78 is 5.68. The van der Waals surface area contributed by atoms with Gasteiger partial charge in [0.15, 0.2) is 5.78 Å². The zero-order valence-electron chi connectivity index (χ0n) is 28.0. The molecule has 0 unspecified atom stereocenters. The minimum absolute atomic E-state index is 0.0648. The molecule has 0 heterocycles. The molecule has 254 valence electrons. The summed E-state index contributed by atoms with van der Waals surface area (Å²) in [5, 5.41) is 13.4. The first kappa shape index (κ1) is 34.5.